The second-order valence-corrected chi connectivity index (χ2v) is 22.9. The van der Waals surface area contributed by atoms with Crippen LogP contribution in [0.2, 0.25) is 0 Å². The molecule has 0 heterocycles. The molecule has 0 radical (unpaired) electrons. The van der Waals surface area contributed by atoms with Crippen molar-refractivity contribution in [2.45, 2.75) is 115 Å². The summed E-state index contributed by atoms with van der Waals surface area (Å²) in [5, 5.41) is 0. The maximum Gasteiger partial charge on any atom is 0.357 e. The van der Waals surface area contributed by atoms with E-state index in [4.69, 9.17) is 28.4 Å². The summed E-state index contributed by atoms with van der Waals surface area (Å²) in [5.74, 6) is 2.21. The van der Waals surface area contributed by atoms with Gasteiger partial charge in [0.25, 0.3) is 0 Å². The van der Waals surface area contributed by atoms with Crippen molar-refractivity contribution in [3.05, 3.63) is 105 Å². The average Bonchev–Trinajstić information content (AvgIpc) is 3.23. The molecule has 2 aliphatic carbocycles. The van der Waals surface area contributed by atoms with E-state index in [1.165, 1.54) is 20.0 Å². The molecule has 13 heteroatoms. The van der Waals surface area contributed by atoms with Crippen LogP contribution in [0, 0.1) is 21.4 Å². The number of carbonyl (C=O) groups excluding carboxylic acids is 2. The average molecular weight is 1370 g/mol. The van der Waals surface area contributed by atoms with Gasteiger partial charge in [-0.3, -0.25) is 0 Å². The first-order chi connectivity index (χ1) is 28.5. The van der Waals surface area contributed by atoms with E-state index in [-0.39, 0.29) is 36.4 Å². The molecule has 0 bridgehead atoms. The van der Waals surface area contributed by atoms with Gasteiger partial charge in [0.15, 0.2) is 20.4 Å². The van der Waals surface area contributed by atoms with Gasteiger partial charge in [-0.25, -0.2) is 9.59 Å². The maximum absolute atomic E-state index is 12.9. The molecule has 2 fully saturated rings. The molecule has 0 spiro atoms. The van der Waals surface area contributed by atoms with Crippen LogP contribution in [0.3, 0.4) is 0 Å². The molecule has 4 aromatic rings. The van der Waals surface area contributed by atoms with Crippen molar-refractivity contribution in [1.29, 1.82) is 0 Å². The van der Waals surface area contributed by atoms with Crippen LogP contribution in [0.4, 0.5) is 0 Å². The first-order valence-corrected chi connectivity index (χ1v) is 26.7. The molecule has 0 atom stereocenters. The minimum absolute atomic E-state index is 0.127. The molecular weight excluding hydrogens is 1320 g/mol. The topological polar surface area (TPSA) is 89.5 Å². The smallest absolute Gasteiger partial charge is 0.357 e. The summed E-state index contributed by atoms with van der Waals surface area (Å²) in [7, 11) is 0. The Balaban J connectivity index is 0.993. The van der Waals surface area contributed by atoms with E-state index in [9.17, 15) is 9.59 Å². The van der Waals surface area contributed by atoms with E-state index >= 15 is 0 Å². The van der Waals surface area contributed by atoms with Crippen molar-refractivity contribution < 1.29 is 59.2 Å². The molecule has 59 heavy (non-hydrogen) atoms. The molecule has 0 saturated heterocycles. The number of hydrogen-bond donors (Lipinski definition) is 0. The summed E-state index contributed by atoms with van der Waals surface area (Å²) in [6.07, 6.45) is 12.1. The molecule has 4 aromatic carbocycles. The number of benzene rings is 4. The monoisotopic (exact) mass is 1360 g/mol. The molecule has 8 nitrogen and oxygen atoms in total. The Bertz CT molecular complexity index is 1880. The third kappa shape index (κ3) is 13.8. The van der Waals surface area contributed by atoms with Gasteiger partial charge in [-0.15, -0.1) is 0 Å². The summed E-state index contributed by atoms with van der Waals surface area (Å²) in [6.45, 7) is 4.57. The highest BCUT2D eigenvalue weighted by molar-refractivity contribution is 14.1. The van der Waals surface area contributed by atoms with Crippen molar-refractivity contribution in [1.82, 2.24) is 0 Å². The van der Waals surface area contributed by atoms with Gasteiger partial charge in [0, 0.05) is 18.3 Å². The molecule has 6 rings (SSSR count). The van der Waals surface area contributed by atoms with Gasteiger partial charge in [-0.05, 0) is 227 Å². The van der Waals surface area contributed by atoms with Crippen LogP contribution < -0.4 is 40.2 Å². The Hall–Kier alpha value is -1.33. The molecular formula is C46H50I5O8+. The van der Waals surface area contributed by atoms with Crippen LogP contribution in [0.1, 0.15) is 102 Å². The minimum Gasteiger partial charge on any atom is -0.489 e. The SMILES string of the molecule is CCC1(OC(=O)COc2c(I)cc(I)cc2COc2ccc([I+]c3ccc(OCc4cc(I)cc(I)c4OCC(=O)OC4(CC)CCCCC4)cc3)cc2)CCCCC1. The number of rotatable bonds is 18. The molecule has 0 aromatic heterocycles. The van der Waals surface area contributed by atoms with Crippen molar-refractivity contribution >= 4 is 102 Å². The van der Waals surface area contributed by atoms with Gasteiger partial charge >= 0.3 is 33.1 Å². The second kappa shape index (κ2) is 22.9. The van der Waals surface area contributed by atoms with Gasteiger partial charge in [-0.1, -0.05) is 26.7 Å². The van der Waals surface area contributed by atoms with E-state index in [1.807, 2.05) is 48.5 Å². The fourth-order valence-corrected chi connectivity index (χ4v) is 14.1. The van der Waals surface area contributed by atoms with Gasteiger partial charge in [0.2, 0.25) is 0 Å². The quantitative estimate of drug-likeness (QED) is 0.0720. The molecule has 0 aliphatic heterocycles. The van der Waals surface area contributed by atoms with Gasteiger partial charge < -0.3 is 28.4 Å². The molecule has 0 N–H and O–H groups in total. The van der Waals surface area contributed by atoms with Crippen LogP contribution in [-0.2, 0) is 32.3 Å². The zero-order chi connectivity index (χ0) is 41.8. The molecule has 0 unspecified atom stereocenters. The number of ether oxygens (including phenoxy) is 6. The summed E-state index contributed by atoms with van der Waals surface area (Å²) in [4.78, 5) is 25.8. The van der Waals surface area contributed by atoms with Crippen LogP contribution >= 0.6 is 90.4 Å². The Morgan fingerprint density at radius 3 is 1.27 bits per heavy atom. The summed E-state index contributed by atoms with van der Waals surface area (Å²) in [6, 6.07) is 24.7. The number of hydrogen-bond acceptors (Lipinski definition) is 8. The van der Waals surface area contributed by atoms with Crippen LogP contribution in [-0.4, -0.2) is 36.4 Å². The van der Waals surface area contributed by atoms with Crippen LogP contribution in [0.5, 0.6) is 23.0 Å². The van der Waals surface area contributed by atoms with Crippen LogP contribution in [0.15, 0.2) is 72.8 Å². The number of carbonyl (C=O) groups is 2. The molecule has 2 saturated carbocycles. The van der Waals surface area contributed by atoms with Crippen molar-refractivity contribution in [3.63, 3.8) is 0 Å². The third-order valence-corrected chi connectivity index (χ3v) is 16.5. The highest BCUT2D eigenvalue weighted by Gasteiger charge is 2.35. The largest absolute Gasteiger partial charge is 0.489 e. The van der Waals surface area contributed by atoms with Crippen molar-refractivity contribution in [2.75, 3.05) is 13.2 Å². The third-order valence-electron chi connectivity index (χ3n) is 11.0. The lowest BCUT2D eigenvalue weighted by atomic mass is 9.83. The first-order valence-electron chi connectivity index (χ1n) is 20.2. The highest BCUT2D eigenvalue weighted by Crippen LogP contribution is 2.37. The Morgan fingerprint density at radius 1 is 0.542 bits per heavy atom. The predicted octanol–water partition coefficient (Wildman–Crippen LogP) is 9.46. The summed E-state index contributed by atoms with van der Waals surface area (Å²) < 4.78 is 43.2. The van der Waals surface area contributed by atoms with Crippen molar-refractivity contribution in [3.8, 4) is 23.0 Å². The Labute approximate surface area is 413 Å². The van der Waals surface area contributed by atoms with E-state index in [0.717, 1.165) is 101 Å². The standard InChI is InChI=1S/C46H50I5O8/c1-3-45(19-7-5-8-20-45)58-41(52)29-56-43-31(23-33(47)25-39(43)49)27-54-37-15-11-35(12-16-37)51-36-13-17-38(18-14-36)55-28-32-24-34(48)26-40(50)44(32)57-30-42(53)59-46(4-2)21-9-6-10-22-46/h11-18,23-26H,3-10,19-22,27-30H2,1-2H3/q+1. The van der Waals surface area contributed by atoms with Gasteiger partial charge in [0.1, 0.15) is 47.4 Å². The Morgan fingerprint density at radius 2 is 0.915 bits per heavy atom. The molecule has 2 aliphatic rings. The van der Waals surface area contributed by atoms with E-state index in [1.54, 1.807) is 0 Å². The molecule has 0 amide bonds. The second-order valence-electron chi connectivity index (χ2n) is 15.1. The number of esters is 2. The maximum atomic E-state index is 12.9. The molecule has 316 valence electrons. The van der Waals surface area contributed by atoms with E-state index in [2.05, 4.69) is 128 Å². The van der Waals surface area contributed by atoms with Crippen LogP contribution in [0.25, 0.3) is 0 Å². The van der Waals surface area contributed by atoms with Crippen molar-refractivity contribution in [2.24, 2.45) is 0 Å². The predicted molar refractivity (Wildman–Crippen MR) is 258 cm³/mol. The lowest BCUT2D eigenvalue weighted by Gasteiger charge is -2.35. The van der Waals surface area contributed by atoms with Gasteiger partial charge in [-0.2, -0.15) is 0 Å². The summed E-state index contributed by atoms with van der Waals surface area (Å²) in [5.41, 5.74) is 1.06. The normalized spacial score (nSPS) is 15.8. The zero-order valence-electron chi connectivity index (χ0n) is 33.4. The lowest BCUT2D eigenvalue weighted by molar-refractivity contribution is -0.597. The lowest BCUT2D eigenvalue weighted by Crippen LogP contribution is -3.61. The van der Waals surface area contributed by atoms with Gasteiger partial charge in [0.05, 0.1) is 7.14 Å². The Kier molecular flexibility index (Phi) is 18.3. The first kappa shape index (κ1) is 47.2. The van der Waals surface area contributed by atoms with E-state index in [0.29, 0.717) is 24.7 Å². The summed E-state index contributed by atoms with van der Waals surface area (Å²) >= 11 is 8.68. The fourth-order valence-electron chi connectivity index (χ4n) is 7.65. The highest BCUT2D eigenvalue weighted by atomic mass is 127. The fraction of sp³-hybridized carbons (Fsp3) is 0.435. The van der Waals surface area contributed by atoms with E-state index < -0.39 is 21.2 Å². The zero-order valence-corrected chi connectivity index (χ0v) is 44.2. The minimum atomic E-state index is -0.425. The number of halogens is 5.